The van der Waals surface area contributed by atoms with Crippen LogP contribution in [0.2, 0.25) is 0 Å². The fraction of sp³-hybridized carbons (Fsp3) is 0.263. The Morgan fingerprint density at radius 3 is 2.69 bits per heavy atom. The minimum absolute atomic E-state index is 0. The van der Waals surface area contributed by atoms with E-state index in [1.807, 2.05) is 17.5 Å². The molecule has 0 saturated heterocycles. The van der Waals surface area contributed by atoms with Crippen molar-refractivity contribution in [2.45, 2.75) is 26.9 Å². The number of aryl methyl sites for hydroxylation is 2. The Morgan fingerprint density at radius 2 is 2.00 bits per heavy atom. The number of halogens is 1. The van der Waals surface area contributed by atoms with E-state index in [4.69, 9.17) is 4.42 Å². The number of hydrogen-bond acceptors (Lipinski definition) is 4. The Morgan fingerprint density at radius 1 is 1.19 bits per heavy atom. The van der Waals surface area contributed by atoms with E-state index in [-0.39, 0.29) is 24.0 Å². The first-order chi connectivity index (χ1) is 12.2. The number of nitrogens with zero attached hydrogens (tertiary/aromatic N) is 2. The molecule has 0 aliphatic heterocycles. The number of rotatable bonds is 5. The molecule has 0 saturated carbocycles. The van der Waals surface area contributed by atoms with Gasteiger partial charge in [0.05, 0.1) is 17.1 Å². The maximum Gasteiger partial charge on any atom is 0.236 e. The smallest absolute Gasteiger partial charge is 0.236 e. The van der Waals surface area contributed by atoms with Crippen LogP contribution in [0.4, 0.5) is 0 Å². The average Bonchev–Trinajstić information content (AvgIpc) is 3.27. The van der Waals surface area contributed by atoms with E-state index < -0.39 is 0 Å². The van der Waals surface area contributed by atoms with Gasteiger partial charge in [-0.2, -0.15) is 0 Å². The third kappa shape index (κ3) is 5.31. The van der Waals surface area contributed by atoms with E-state index in [1.54, 1.807) is 24.6 Å². The number of aromatic nitrogens is 1. The molecule has 3 rings (SSSR count). The molecule has 0 spiro atoms. The van der Waals surface area contributed by atoms with Crippen molar-refractivity contribution in [2.24, 2.45) is 4.99 Å². The van der Waals surface area contributed by atoms with E-state index in [0.29, 0.717) is 12.4 Å². The van der Waals surface area contributed by atoms with Gasteiger partial charge in [0.15, 0.2) is 5.96 Å². The highest BCUT2D eigenvalue weighted by Gasteiger charge is 2.08. The monoisotopic (exact) mass is 482 g/mol. The maximum absolute atomic E-state index is 5.53. The molecule has 0 amide bonds. The van der Waals surface area contributed by atoms with Gasteiger partial charge in [-0.1, -0.05) is 29.8 Å². The van der Waals surface area contributed by atoms with Crippen molar-refractivity contribution >= 4 is 41.3 Å². The van der Waals surface area contributed by atoms with Gasteiger partial charge in [0, 0.05) is 13.6 Å². The summed E-state index contributed by atoms with van der Waals surface area (Å²) in [6.07, 6.45) is 1.68. The molecule has 0 unspecified atom stereocenters. The number of hydrogen-bond donors (Lipinski definition) is 2. The maximum atomic E-state index is 5.53. The first kappa shape index (κ1) is 20.4. The average molecular weight is 482 g/mol. The van der Waals surface area contributed by atoms with Crippen molar-refractivity contribution in [3.63, 3.8) is 0 Å². The van der Waals surface area contributed by atoms with Gasteiger partial charge in [0.2, 0.25) is 5.89 Å². The summed E-state index contributed by atoms with van der Waals surface area (Å²) in [5, 5.41) is 8.61. The van der Waals surface area contributed by atoms with Crippen molar-refractivity contribution in [2.75, 3.05) is 7.05 Å². The van der Waals surface area contributed by atoms with Gasteiger partial charge in [-0.15, -0.1) is 35.3 Å². The van der Waals surface area contributed by atoms with Gasteiger partial charge in [0.1, 0.15) is 6.26 Å². The number of oxazole rings is 1. The largest absolute Gasteiger partial charge is 0.443 e. The lowest BCUT2D eigenvalue weighted by Gasteiger charge is -2.12. The van der Waals surface area contributed by atoms with Crippen LogP contribution in [0, 0.1) is 13.8 Å². The molecule has 0 atom stereocenters. The van der Waals surface area contributed by atoms with Crippen LogP contribution < -0.4 is 10.6 Å². The highest BCUT2D eigenvalue weighted by atomic mass is 127. The van der Waals surface area contributed by atoms with Crippen LogP contribution in [0.5, 0.6) is 0 Å². The van der Waals surface area contributed by atoms with E-state index in [2.05, 4.69) is 52.7 Å². The lowest BCUT2D eigenvalue weighted by Crippen LogP contribution is -2.36. The number of guanidine groups is 1. The molecular formula is C19H23IN4OS. The zero-order valence-corrected chi connectivity index (χ0v) is 18.2. The second-order valence-electron chi connectivity index (χ2n) is 5.83. The van der Waals surface area contributed by atoms with Crippen LogP contribution in [0.3, 0.4) is 0 Å². The molecule has 0 aliphatic rings. The number of thiophene rings is 1. The van der Waals surface area contributed by atoms with Crippen LogP contribution in [0.25, 0.3) is 10.8 Å². The van der Waals surface area contributed by atoms with Crippen molar-refractivity contribution in [1.82, 2.24) is 15.6 Å². The summed E-state index contributed by atoms with van der Waals surface area (Å²) >= 11 is 1.61. The summed E-state index contributed by atoms with van der Waals surface area (Å²) < 4.78 is 5.53. The highest BCUT2D eigenvalue weighted by molar-refractivity contribution is 14.0. The standard InChI is InChI=1S/C19H22N4OS.HI/c1-13-6-7-15(14(2)9-13)10-21-19(20-3)22-11-16-12-24-18(23-16)17-5-4-8-25-17;/h4-9,12H,10-11H2,1-3H3,(H2,20,21,22);1H. The molecule has 5 nitrogen and oxygen atoms in total. The molecule has 0 fully saturated rings. The lowest BCUT2D eigenvalue weighted by molar-refractivity contribution is 0.573. The quantitative estimate of drug-likeness (QED) is 0.319. The summed E-state index contributed by atoms with van der Waals surface area (Å²) in [4.78, 5) is 9.79. The van der Waals surface area contributed by atoms with E-state index in [0.717, 1.165) is 23.1 Å². The van der Waals surface area contributed by atoms with Crippen LogP contribution in [-0.4, -0.2) is 18.0 Å². The topological polar surface area (TPSA) is 62.5 Å². The van der Waals surface area contributed by atoms with E-state index in [9.17, 15) is 0 Å². The summed E-state index contributed by atoms with van der Waals surface area (Å²) in [6, 6.07) is 10.4. The van der Waals surface area contributed by atoms with Crippen molar-refractivity contribution < 1.29 is 4.42 Å². The SMILES string of the molecule is CN=C(NCc1coc(-c2cccs2)n1)NCc1ccc(C)cc1C.I. The molecule has 0 aliphatic carbocycles. The zero-order chi connectivity index (χ0) is 17.6. The zero-order valence-electron chi connectivity index (χ0n) is 15.1. The van der Waals surface area contributed by atoms with E-state index in [1.165, 1.54) is 16.7 Å². The Bertz CT molecular complexity index is 858. The molecule has 7 heteroatoms. The van der Waals surface area contributed by atoms with Gasteiger partial charge in [-0.05, 0) is 36.4 Å². The molecule has 1 aromatic carbocycles. The van der Waals surface area contributed by atoms with Crippen LogP contribution >= 0.6 is 35.3 Å². The van der Waals surface area contributed by atoms with Gasteiger partial charge in [-0.25, -0.2) is 4.98 Å². The number of aliphatic imine (C=N–C) groups is 1. The fourth-order valence-electron chi connectivity index (χ4n) is 2.52. The van der Waals surface area contributed by atoms with Crippen LogP contribution in [0.15, 0.2) is 51.4 Å². The molecule has 2 heterocycles. The highest BCUT2D eigenvalue weighted by Crippen LogP contribution is 2.23. The van der Waals surface area contributed by atoms with Crippen molar-refractivity contribution in [1.29, 1.82) is 0 Å². The van der Waals surface area contributed by atoms with Crippen LogP contribution in [-0.2, 0) is 13.1 Å². The minimum Gasteiger partial charge on any atom is -0.443 e. The molecule has 138 valence electrons. The van der Waals surface area contributed by atoms with Crippen molar-refractivity contribution in [3.8, 4) is 10.8 Å². The Labute approximate surface area is 175 Å². The van der Waals surface area contributed by atoms with Crippen molar-refractivity contribution in [3.05, 3.63) is 64.4 Å². The Kier molecular flexibility index (Phi) is 7.65. The van der Waals surface area contributed by atoms with E-state index >= 15 is 0 Å². The molecule has 2 aromatic heterocycles. The second-order valence-corrected chi connectivity index (χ2v) is 6.78. The molecule has 0 bridgehead atoms. The summed E-state index contributed by atoms with van der Waals surface area (Å²) in [5.74, 6) is 1.39. The lowest BCUT2D eigenvalue weighted by atomic mass is 10.1. The van der Waals surface area contributed by atoms with Gasteiger partial charge in [0.25, 0.3) is 0 Å². The predicted octanol–water partition coefficient (Wildman–Crippen LogP) is 4.50. The van der Waals surface area contributed by atoms with Gasteiger partial charge >= 0.3 is 0 Å². The Balaban J connectivity index is 0.00000243. The number of benzene rings is 1. The minimum atomic E-state index is 0. The number of nitrogens with one attached hydrogen (secondary N) is 2. The molecule has 0 radical (unpaired) electrons. The second kappa shape index (κ2) is 9.72. The summed E-state index contributed by atoms with van der Waals surface area (Å²) in [7, 11) is 1.76. The normalized spacial score (nSPS) is 11.1. The first-order valence-electron chi connectivity index (χ1n) is 8.14. The molecule has 26 heavy (non-hydrogen) atoms. The molecule has 3 aromatic rings. The summed E-state index contributed by atoms with van der Waals surface area (Å²) in [6.45, 7) is 5.52. The Hall–Kier alpha value is -1.87. The van der Waals surface area contributed by atoms with Gasteiger partial charge in [-0.3, -0.25) is 4.99 Å². The van der Waals surface area contributed by atoms with Crippen LogP contribution in [0.1, 0.15) is 22.4 Å². The third-order valence-corrected chi connectivity index (χ3v) is 4.75. The molecular weight excluding hydrogens is 459 g/mol. The third-order valence-electron chi connectivity index (χ3n) is 3.89. The van der Waals surface area contributed by atoms with Gasteiger partial charge < -0.3 is 15.1 Å². The molecule has 2 N–H and O–H groups in total. The predicted molar refractivity (Wildman–Crippen MR) is 118 cm³/mol. The summed E-state index contributed by atoms with van der Waals surface area (Å²) in [5.41, 5.74) is 4.66. The fourth-order valence-corrected chi connectivity index (χ4v) is 3.18. The first-order valence-corrected chi connectivity index (χ1v) is 9.02.